The molecule has 0 saturated carbocycles. The molecule has 0 bridgehead atoms. The summed E-state index contributed by atoms with van der Waals surface area (Å²) in [6.07, 6.45) is 4.03. The molecule has 1 radical (unpaired) electrons. The molecule has 5 aromatic carbocycles. The van der Waals surface area contributed by atoms with Crippen LogP contribution in [0, 0.1) is 12.1 Å². The van der Waals surface area contributed by atoms with Crippen molar-refractivity contribution < 1.29 is 24.8 Å². The molecule has 0 aliphatic rings. The molecule has 3 aromatic heterocycles. The summed E-state index contributed by atoms with van der Waals surface area (Å²) in [6.45, 7) is 11.6. The Hall–Kier alpha value is -4.45. The second-order valence-electron chi connectivity index (χ2n) is 13.9. The van der Waals surface area contributed by atoms with E-state index in [-0.39, 0.29) is 20.1 Å². The summed E-state index contributed by atoms with van der Waals surface area (Å²) in [4.78, 5) is 9.42. The Morgan fingerprint density at radius 1 is 0.686 bits per heavy atom. The normalized spacial score (nSPS) is 11.4. The van der Waals surface area contributed by atoms with E-state index in [1.54, 1.807) is 7.11 Å². The number of hydrogen-bond donors (Lipinski definition) is 0. The van der Waals surface area contributed by atoms with E-state index < -0.39 is 8.07 Å². The van der Waals surface area contributed by atoms with E-state index in [1.165, 1.54) is 47.4 Å². The number of thiophene rings is 1. The molecule has 0 fully saturated rings. The van der Waals surface area contributed by atoms with E-state index in [0.29, 0.717) is 5.92 Å². The molecule has 3 nitrogen and oxygen atoms in total. The van der Waals surface area contributed by atoms with E-state index in [9.17, 15) is 0 Å². The summed E-state index contributed by atoms with van der Waals surface area (Å²) in [5, 5.41) is 6.38. The van der Waals surface area contributed by atoms with Crippen LogP contribution in [0.3, 0.4) is 0 Å². The van der Waals surface area contributed by atoms with Crippen LogP contribution in [0.4, 0.5) is 0 Å². The zero-order valence-electron chi connectivity index (χ0n) is 29.7. The topological polar surface area (TPSA) is 35.0 Å². The van der Waals surface area contributed by atoms with Crippen LogP contribution in [0.15, 0.2) is 128 Å². The largest absolute Gasteiger partial charge is 0.516 e. The Morgan fingerprint density at radius 3 is 2.16 bits per heavy atom. The van der Waals surface area contributed by atoms with Gasteiger partial charge in [-0.3, -0.25) is 0 Å². The fourth-order valence-corrected chi connectivity index (χ4v) is 9.33. The maximum absolute atomic E-state index is 5.29. The van der Waals surface area contributed by atoms with Crippen LogP contribution in [-0.4, -0.2) is 25.2 Å². The molecule has 0 spiro atoms. The molecule has 8 aromatic rings. The average Bonchev–Trinajstić information content (AvgIpc) is 3.53. The minimum atomic E-state index is -1.38. The Labute approximate surface area is 319 Å². The Morgan fingerprint density at radius 2 is 1.41 bits per heavy atom. The number of rotatable bonds is 6. The monoisotopic (exact) mass is 877 g/mol. The van der Waals surface area contributed by atoms with Gasteiger partial charge in [0.25, 0.3) is 0 Å². The molecule has 0 aliphatic carbocycles. The molecule has 0 N–H and O–H groups in total. The van der Waals surface area contributed by atoms with Gasteiger partial charge >= 0.3 is 0 Å². The summed E-state index contributed by atoms with van der Waals surface area (Å²) in [5.41, 5.74) is 7.92. The molecule has 0 aliphatic heterocycles. The van der Waals surface area contributed by atoms with E-state index in [1.807, 2.05) is 47.9 Å². The van der Waals surface area contributed by atoms with Crippen LogP contribution >= 0.6 is 11.3 Å². The fourth-order valence-electron chi connectivity index (χ4n) is 6.41. The van der Waals surface area contributed by atoms with Crippen molar-refractivity contribution >= 4 is 55.5 Å². The van der Waals surface area contributed by atoms with Crippen molar-refractivity contribution in [2.45, 2.75) is 39.4 Å². The van der Waals surface area contributed by atoms with Crippen molar-refractivity contribution in [2.24, 2.45) is 0 Å². The van der Waals surface area contributed by atoms with Gasteiger partial charge in [0.2, 0.25) is 0 Å². The summed E-state index contributed by atoms with van der Waals surface area (Å²) in [5.74, 6) is 1.34. The quantitative estimate of drug-likeness (QED) is 0.123. The first-order valence-electron chi connectivity index (χ1n) is 17.0. The number of methoxy groups -OCH3 is 1. The van der Waals surface area contributed by atoms with Crippen LogP contribution in [0.25, 0.3) is 64.6 Å². The molecule has 6 heteroatoms. The van der Waals surface area contributed by atoms with E-state index in [2.05, 4.69) is 142 Å². The minimum absolute atomic E-state index is 0. The second kappa shape index (κ2) is 15.4. The van der Waals surface area contributed by atoms with Gasteiger partial charge in [0.1, 0.15) is 0 Å². The number of pyridine rings is 2. The van der Waals surface area contributed by atoms with Gasteiger partial charge in [-0.05, 0) is 60.5 Å². The van der Waals surface area contributed by atoms with Gasteiger partial charge in [-0.15, -0.1) is 53.6 Å². The Kier molecular flexibility index (Phi) is 11.0. The molecule has 257 valence electrons. The molecule has 0 unspecified atom stereocenters. The van der Waals surface area contributed by atoms with Gasteiger partial charge in [-0.1, -0.05) is 123 Å². The predicted molar refractivity (Wildman–Crippen MR) is 216 cm³/mol. The van der Waals surface area contributed by atoms with Crippen molar-refractivity contribution in [3.8, 4) is 39.4 Å². The summed E-state index contributed by atoms with van der Waals surface area (Å²) < 4.78 is 7.83. The molecule has 3 heterocycles. The first kappa shape index (κ1) is 36.3. The average molecular weight is 877 g/mol. The molecule has 0 atom stereocenters. The van der Waals surface area contributed by atoms with E-state index in [4.69, 9.17) is 9.72 Å². The third kappa shape index (κ3) is 7.75. The number of benzene rings is 5. The molecule has 0 amide bonds. The predicted octanol–water partition coefficient (Wildman–Crippen LogP) is 12.0. The Bertz CT molecular complexity index is 2450. The van der Waals surface area contributed by atoms with Crippen LogP contribution in [0.1, 0.15) is 25.3 Å². The van der Waals surface area contributed by atoms with Crippen molar-refractivity contribution in [3.05, 3.63) is 145 Å². The first-order chi connectivity index (χ1) is 24.2. The number of hydrogen-bond acceptors (Lipinski definition) is 4. The second-order valence-corrected chi connectivity index (χ2v) is 20.0. The van der Waals surface area contributed by atoms with Crippen molar-refractivity contribution in [2.75, 3.05) is 7.11 Å². The zero-order chi connectivity index (χ0) is 34.8. The zero-order valence-corrected chi connectivity index (χ0v) is 34.0. The van der Waals surface area contributed by atoms with Gasteiger partial charge in [0, 0.05) is 42.9 Å². The van der Waals surface area contributed by atoms with Gasteiger partial charge < -0.3 is 14.7 Å². The third-order valence-corrected chi connectivity index (χ3v) is 12.3. The summed E-state index contributed by atoms with van der Waals surface area (Å²) in [7, 11) is 0.301. The van der Waals surface area contributed by atoms with Crippen molar-refractivity contribution in [3.63, 3.8) is 0 Å². The van der Waals surface area contributed by atoms with Crippen molar-refractivity contribution in [1.82, 2.24) is 9.97 Å². The number of ether oxygens (including phenoxy) is 1. The van der Waals surface area contributed by atoms with E-state index in [0.717, 1.165) is 33.7 Å². The first-order valence-corrected chi connectivity index (χ1v) is 21.4. The number of aromatic nitrogens is 2. The van der Waals surface area contributed by atoms with Gasteiger partial charge in [-0.2, -0.15) is 11.3 Å². The number of nitrogens with zero attached hydrogens (tertiary/aromatic N) is 2. The molecule has 51 heavy (non-hydrogen) atoms. The van der Waals surface area contributed by atoms with Crippen LogP contribution in [0.5, 0.6) is 5.75 Å². The van der Waals surface area contributed by atoms with Gasteiger partial charge in [-0.25, -0.2) is 0 Å². The SMILES string of the molecule is COc1cc[c-]c(-c2cc(C(C)C)c([Si](C)(C)C)cn2)c1.[Ir].[c-]1ccc2c(sc3cc(-c4ccccc4)ccc32)c1-c1cc2ccccc2cn1. The maximum atomic E-state index is 5.29. The molecular formula is C45H40IrN2OSSi-2. The van der Waals surface area contributed by atoms with E-state index >= 15 is 0 Å². The third-order valence-electron chi connectivity index (χ3n) is 9.08. The standard InChI is InChI=1S/C27H16NS.C18H24NOSi.Ir/c1-2-7-18(8-3-1)20-13-14-22-23-11-6-12-24(27(23)29-26(22)16-20)25-15-19-9-4-5-10-21(19)17-28-25;1-13(2)16-11-17(19-12-18(16)21(4,5)6)14-8-7-9-15(10-14)20-3;/h1-11,13-17H;7,9-13H,1-6H3;/q2*-1;. The molecule has 0 saturated heterocycles. The summed E-state index contributed by atoms with van der Waals surface area (Å²) in [6, 6.07) is 46.7. The Balaban J connectivity index is 0.000000182. The van der Waals surface area contributed by atoms with Crippen LogP contribution in [0.2, 0.25) is 19.6 Å². The fraction of sp³-hybridized carbons (Fsp3) is 0.156. The maximum Gasteiger partial charge on any atom is 0.0799 e. The minimum Gasteiger partial charge on any atom is -0.516 e. The van der Waals surface area contributed by atoms with Crippen molar-refractivity contribution in [1.29, 1.82) is 0 Å². The van der Waals surface area contributed by atoms with Crippen LogP contribution in [-0.2, 0) is 20.1 Å². The molecule has 8 rings (SSSR count). The summed E-state index contributed by atoms with van der Waals surface area (Å²) >= 11 is 1.83. The van der Waals surface area contributed by atoms with Gasteiger partial charge in [0.05, 0.1) is 15.2 Å². The smallest absolute Gasteiger partial charge is 0.0799 e. The molecular weight excluding hydrogens is 837 g/mol. The number of fused-ring (bicyclic) bond motifs is 4. The van der Waals surface area contributed by atoms with Gasteiger partial charge in [0.15, 0.2) is 0 Å². The van der Waals surface area contributed by atoms with Crippen LogP contribution < -0.4 is 9.92 Å².